The maximum atomic E-state index is 12.6. The van der Waals surface area contributed by atoms with Crippen molar-refractivity contribution in [2.24, 2.45) is 5.92 Å². The number of carbonyl (C=O) groups is 3. The summed E-state index contributed by atoms with van der Waals surface area (Å²) in [7, 11) is 0. The second-order valence-electron chi connectivity index (χ2n) is 14.7. The van der Waals surface area contributed by atoms with Crippen LogP contribution >= 0.6 is 0 Å². The maximum absolute atomic E-state index is 12.6. The van der Waals surface area contributed by atoms with Crippen molar-refractivity contribution in [1.82, 2.24) is 0 Å². The smallest absolute Gasteiger partial charge is 0.306 e. The molecule has 0 saturated carbocycles. The molecule has 284 valence electrons. The molecule has 0 aliphatic rings. The first-order valence-corrected chi connectivity index (χ1v) is 20.9. The van der Waals surface area contributed by atoms with Gasteiger partial charge in [-0.25, -0.2) is 0 Å². The molecule has 0 aromatic heterocycles. The van der Waals surface area contributed by atoms with Gasteiger partial charge in [0.05, 0.1) is 0 Å². The molecular weight excluding hydrogens is 600 g/mol. The fourth-order valence-electron chi connectivity index (χ4n) is 6.10. The lowest BCUT2D eigenvalue weighted by Crippen LogP contribution is -2.30. The molecule has 48 heavy (non-hydrogen) atoms. The summed E-state index contributed by atoms with van der Waals surface area (Å²) in [6, 6.07) is 0. The van der Waals surface area contributed by atoms with Crippen LogP contribution < -0.4 is 0 Å². The number of carbonyl (C=O) groups excluding carboxylic acids is 3. The van der Waals surface area contributed by atoms with Crippen LogP contribution in [-0.2, 0) is 28.6 Å². The second kappa shape index (κ2) is 36.7. The van der Waals surface area contributed by atoms with Crippen LogP contribution in [0.4, 0.5) is 0 Å². The Bertz CT molecular complexity index is 721. The molecule has 6 nitrogen and oxygen atoms in total. The summed E-state index contributed by atoms with van der Waals surface area (Å²) in [5.74, 6) is -0.0872. The highest BCUT2D eigenvalue weighted by atomic mass is 16.6. The average Bonchev–Trinajstić information content (AvgIpc) is 3.06. The molecule has 0 rings (SSSR count). The molecular formula is C42H80O6. The highest BCUT2D eigenvalue weighted by molar-refractivity contribution is 5.71. The number of unbranched alkanes of at least 4 members (excludes halogenated alkanes) is 24. The molecule has 0 aliphatic carbocycles. The van der Waals surface area contributed by atoms with E-state index in [0.29, 0.717) is 19.3 Å². The zero-order valence-corrected chi connectivity index (χ0v) is 32.4. The number of hydrogen-bond acceptors (Lipinski definition) is 6. The average molecular weight is 681 g/mol. The number of hydrogen-bond donors (Lipinski definition) is 0. The molecule has 0 radical (unpaired) electrons. The van der Waals surface area contributed by atoms with Crippen molar-refractivity contribution < 1.29 is 28.6 Å². The fraction of sp³-hybridized carbons (Fsp3) is 0.929. The lowest BCUT2D eigenvalue weighted by molar-refractivity contribution is -0.167. The molecule has 0 aliphatic heterocycles. The van der Waals surface area contributed by atoms with Gasteiger partial charge in [-0.15, -0.1) is 0 Å². The first-order chi connectivity index (χ1) is 23.4. The van der Waals surface area contributed by atoms with Crippen molar-refractivity contribution in [3.63, 3.8) is 0 Å². The van der Waals surface area contributed by atoms with Crippen molar-refractivity contribution in [2.45, 2.75) is 233 Å². The standard InChI is InChI=1S/C42H80O6/c1-5-7-9-11-13-14-15-16-17-18-22-25-29-33-40(43)46-36-39(48-42(45)35-31-27-20-12-10-8-6-2)37-47-41(44)34-30-26-23-19-21-24-28-32-38(3)4/h38-39H,5-37H2,1-4H3/t39-/m0/s1. The topological polar surface area (TPSA) is 78.9 Å². The molecule has 0 saturated heterocycles. The molecule has 0 heterocycles. The lowest BCUT2D eigenvalue weighted by atomic mass is 10.0. The monoisotopic (exact) mass is 681 g/mol. The van der Waals surface area contributed by atoms with Crippen LogP contribution in [0.2, 0.25) is 0 Å². The minimum Gasteiger partial charge on any atom is -0.462 e. The molecule has 0 unspecified atom stereocenters. The molecule has 0 spiro atoms. The van der Waals surface area contributed by atoms with Gasteiger partial charge >= 0.3 is 17.9 Å². The molecule has 0 N–H and O–H groups in total. The van der Waals surface area contributed by atoms with Crippen LogP contribution in [0, 0.1) is 5.92 Å². The molecule has 0 aromatic carbocycles. The summed E-state index contributed by atoms with van der Waals surface area (Å²) < 4.78 is 16.6. The SMILES string of the molecule is CCCCCCCCCCCCCCCC(=O)OC[C@@H](COC(=O)CCCCCCCCCC(C)C)OC(=O)CCCCCCCCC. The number of rotatable bonds is 37. The quantitative estimate of drug-likeness (QED) is 0.0369. The maximum Gasteiger partial charge on any atom is 0.306 e. The predicted octanol–water partition coefficient (Wildman–Crippen LogP) is 12.8. The summed E-state index contributed by atoms with van der Waals surface area (Å²) in [5, 5.41) is 0. The van der Waals surface area contributed by atoms with Gasteiger partial charge in [0.15, 0.2) is 6.10 Å². The summed E-state index contributed by atoms with van der Waals surface area (Å²) in [5.41, 5.74) is 0. The first kappa shape index (κ1) is 46.4. The van der Waals surface area contributed by atoms with E-state index in [-0.39, 0.29) is 31.1 Å². The molecule has 0 aromatic rings. The summed E-state index contributed by atoms with van der Waals surface area (Å²) in [6.07, 6.45) is 33.9. The zero-order valence-electron chi connectivity index (χ0n) is 32.4. The van der Waals surface area contributed by atoms with Gasteiger partial charge < -0.3 is 14.2 Å². The van der Waals surface area contributed by atoms with Gasteiger partial charge in [-0.3, -0.25) is 14.4 Å². The van der Waals surface area contributed by atoms with Crippen molar-refractivity contribution in [3.05, 3.63) is 0 Å². The van der Waals surface area contributed by atoms with Crippen LogP contribution in [0.15, 0.2) is 0 Å². The largest absolute Gasteiger partial charge is 0.462 e. The van der Waals surface area contributed by atoms with E-state index in [0.717, 1.165) is 63.7 Å². The van der Waals surface area contributed by atoms with Crippen LogP contribution in [0.3, 0.4) is 0 Å². The number of esters is 3. The third-order valence-electron chi connectivity index (χ3n) is 9.29. The van der Waals surface area contributed by atoms with E-state index in [1.165, 1.54) is 122 Å². The summed E-state index contributed by atoms with van der Waals surface area (Å²) in [6.45, 7) is 8.89. The third kappa shape index (κ3) is 35.7. The van der Waals surface area contributed by atoms with Crippen LogP contribution in [0.25, 0.3) is 0 Å². The highest BCUT2D eigenvalue weighted by Crippen LogP contribution is 2.15. The van der Waals surface area contributed by atoms with Crippen LogP contribution in [0.5, 0.6) is 0 Å². The Morgan fingerprint density at radius 2 is 0.688 bits per heavy atom. The van der Waals surface area contributed by atoms with E-state index >= 15 is 0 Å². The van der Waals surface area contributed by atoms with Crippen molar-refractivity contribution in [3.8, 4) is 0 Å². The van der Waals surface area contributed by atoms with E-state index in [2.05, 4.69) is 27.7 Å². The Balaban J connectivity index is 4.27. The van der Waals surface area contributed by atoms with Gasteiger partial charge in [0, 0.05) is 19.3 Å². The Morgan fingerprint density at radius 1 is 0.396 bits per heavy atom. The van der Waals surface area contributed by atoms with Crippen molar-refractivity contribution in [2.75, 3.05) is 13.2 Å². The van der Waals surface area contributed by atoms with E-state index < -0.39 is 6.10 Å². The van der Waals surface area contributed by atoms with Gasteiger partial charge in [-0.05, 0) is 25.2 Å². The van der Waals surface area contributed by atoms with Crippen LogP contribution in [0.1, 0.15) is 227 Å². The zero-order chi connectivity index (χ0) is 35.3. The number of ether oxygens (including phenoxy) is 3. The summed E-state index contributed by atoms with van der Waals surface area (Å²) in [4.78, 5) is 37.4. The van der Waals surface area contributed by atoms with Crippen molar-refractivity contribution in [1.29, 1.82) is 0 Å². The summed E-state index contributed by atoms with van der Waals surface area (Å²) >= 11 is 0. The second-order valence-corrected chi connectivity index (χ2v) is 14.7. The molecule has 0 fully saturated rings. The Hall–Kier alpha value is -1.59. The molecule has 6 heteroatoms. The minimum absolute atomic E-state index is 0.0654. The van der Waals surface area contributed by atoms with Gasteiger partial charge in [-0.1, -0.05) is 188 Å². The minimum atomic E-state index is -0.757. The Morgan fingerprint density at radius 3 is 1.02 bits per heavy atom. The van der Waals surface area contributed by atoms with E-state index in [9.17, 15) is 14.4 Å². The van der Waals surface area contributed by atoms with Gasteiger partial charge in [0.2, 0.25) is 0 Å². The van der Waals surface area contributed by atoms with Crippen molar-refractivity contribution >= 4 is 17.9 Å². The molecule has 0 bridgehead atoms. The lowest BCUT2D eigenvalue weighted by Gasteiger charge is -2.18. The van der Waals surface area contributed by atoms with E-state index in [1.807, 2.05) is 0 Å². The van der Waals surface area contributed by atoms with Crippen LogP contribution in [-0.4, -0.2) is 37.2 Å². The van der Waals surface area contributed by atoms with Gasteiger partial charge in [0.25, 0.3) is 0 Å². The van der Waals surface area contributed by atoms with E-state index in [4.69, 9.17) is 14.2 Å². The Kier molecular flexibility index (Phi) is 35.5. The highest BCUT2D eigenvalue weighted by Gasteiger charge is 2.19. The molecule has 0 amide bonds. The third-order valence-corrected chi connectivity index (χ3v) is 9.29. The van der Waals surface area contributed by atoms with E-state index in [1.54, 1.807) is 0 Å². The Labute approximate surface area is 298 Å². The molecule has 1 atom stereocenters. The predicted molar refractivity (Wildman–Crippen MR) is 201 cm³/mol. The van der Waals surface area contributed by atoms with Gasteiger partial charge in [0.1, 0.15) is 13.2 Å². The normalized spacial score (nSPS) is 11.9. The fourth-order valence-corrected chi connectivity index (χ4v) is 6.10. The first-order valence-electron chi connectivity index (χ1n) is 20.9. The van der Waals surface area contributed by atoms with Gasteiger partial charge in [-0.2, -0.15) is 0 Å².